The maximum absolute atomic E-state index is 8.76. The molecule has 0 bridgehead atoms. The summed E-state index contributed by atoms with van der Waals surface area (Å²) in [7, 11) is 0. The highest BCUT2D eigenvalue weighted by molar-refractivity contribution is 4.78. The molecular formula is C14H28N2O3. The van der Waals surface area contributed by atoms with E-state index in [1.165, 1.54) is 0 Å². The van der Waals surface area contributed by atoms with Crippen LogP contribution in [0.1, 0.15) is 19.8 Å². The van der Waals surface area contributed by atoms with Crippen LogP contribution >= 0.6 is 0 Å². The summed E-state index contributed by atoms with van der Waals surface area (Å²) < 4.78 is 11.4. The Bertz CT molecular complexity index is 245. The van der Waals surface area contributed by atoms with Crippen LogP contribution in [-0.2, 0) is 9.47 Å². The summed E-state index contributed by atoms with van der Waals surface area (Å²) in [5, 5.41) is 8.76. The van der Waals surface area contributed by atoms with E-state index in [0.29, 0.717) is 18.8 Å². The second-order valence-corrected chi connectivity index (χ2v) is 5.48. The van der Waals surface area contributed by atoms with Gasteiger partial charge in [-0.1, -0.05) is 6.92 Å². The molecule has 0 saturated carbocycles. The molecule has 5 heteroatoms. The summed E-state index contributed by atoms with van der Waals surface area (Å²) in [6.07, 6.45) is 2.85. The lowest BCUT2D eigenvalue weighted by atomic mass is 10.1. The third-order valence-electron chi connectivity index (χ3n) is 4.11. The van der Waals surface area contributed by atoms with Crippen molar-refractivity contribution < 1.29 is 14.6 Å². The van der Waals surface area contributed by atoms with E-state index < -0.39 is 0 Å². The minimum atomic E-state index is 0.128. The summed E-state index contributed by atoms with van der Waals surface area (Å²) in [5.41, 5.74) is 0. The number of likely N-dealkylation sites (N-methyl/N-ethyl adjacent to an activating group) is 1. The van der Waals surface area contributed by atoms with Gasteiger partial charge in [-0.3, -0.25) is 4.90 Å². The summed E-state index contributed by atoms with van der Waals surface area (Å²) in [6.45, 7) is 10.2. The zero-order valence-electron chi connectivity index (χ0n) is 12.1. The smallest absolute Gasteiger partial charge is 0.0829 e. The third kappa shape index (κ3) is 5.00. The first kappa shape index (κ1) is 15.2. The van der Waals surface area contributed by atoms with E-state index in [1.807, 2.05) is 0 Å². The highest BCUT2D eigenvalue weighted by atomic mass is 16.5. The first-order chi connectivity index (χ1) is 9.31. The second-order valence-electron chi connectivity index (χ2n) is 5.48. The monoisotopic (exact) mass is 272 g/mol. The topological polar surface area (TPSA) is 45.2 Å². The van der Waals surface area contributed by atoms with Crippen LogP contribution in [0.2, 0.25) is 0 Å². The number of morpholine rings is 1. The van der Waals surface area contributed by atoms with Crippen LogP contribution in [-0.4, -0.2) is 86.2 Å². The highest BCUT2D eigenvalue weighted by Gasteiger charge is 2.25. The van der Waals surface area contributed by atoms with Gasteiger partial charge in [-0.25, -0.2) is 0 Å². The molecule has 0 radical (unpaired) electrons. The molecule has 2 aliphatic rings. The average molecular weight is 272 g/mol. The molecule has 2 aliphatic heterocycles. The van der Waals surface area contributed by atoms with Crippen molar-refractivity contribution in [1.29, 1.82) is 0 Å². The Kier molecular flexibility index (Phi) is 6.53. The lowest BCUT2D eigenvalue weighted by molar-refractivity contribution is -0.0556. The van der Waals surface area contributed by atoms with Gasteiger partial charge in [0.05, 0.1) is 32.0 Å². The van der Waals surface area contributed by atoms with Crippen molar-refractivity contribution >= 4 is 0 Å². The maximum Gasteiger partial charge on any atom is 0.0829 e. The molecule has 0 amide bonds. The summed E-state index contributed by atoms with van der Waals surface area (Å²) >= 11 is 0. The van der Waals surface area contributed by atoms with Crippen molar-refractivity contribution in [3.63, 3.8) is 0 Å². The average Bonchev–Trinajstić information content (AvgIpc) is 2.47. The molecule has 0 aliphatic carbocycles. The summed E-state index contributed by atoms with van der Waals surface area (Å²) in [5.74, 6) is 0. The van der Waals surface area contributed by atoms with Crippen molar-refractivity contribution in [3.05, 3.63) is 0 Å². The first-order valence-corrected chi connectivity index (χ1v) is 7.60. The van der Waals surface area contributed by atoms with Crippen LogP contribution in [0.4, 0.5) is 0 Å². The Morgan fingerprint density at radius 3 is 2.68 bits per heavy atom. The molecule has 2 saturated heterocycles. The molecular weight excluding hydrogens is 244 g/mol. The van der Waals surface area contributed by atoms with E-state index in [4.69, 9.17) is 14.6 Å². The van der Waals surface area contributed by atoms with E-state index in [1.54, 1.807) is 0 Å². The quantitative estimate of drug-likeness (QED) is 0.747. The molecule has 2 heterocycles. The SMILES string of the molecule is CCN1CCOC(CN2CCC(OCCO)CC2)C1. The number of aliphatic hydroxyl groups is 1. The van der Waals surface area contributed by atoms with Gasteiger partial charge in [0.1, 0.15) is 0 Å². The number of likely N-dealkylation sites (tertiary alicyclic amines) is 1. The first-order valence-electron chi connectivity index (χ1n) is 7.60. The van der Waals surface area contributed by atoms with Gasteiger partial charge in [-0.05, 0) is 19.4 Å². The Morgan fingerprint density at radius 2 is 2.00 bits per heavy atom. The number of aliphatic hydroxyl groups excluding tert-OH is 1. The molecule has 0 aromatic carbocycles. The normalized spacial score (nSPS) is 27.8. The molecule has 0 spiro atoms. The van der Waals surface area contributed by atoms with Gasteiger partial charge in [-0.2, -0.15) is 0 Å². The number of piperidine rings is 1. The number of hydrogen-bond donors (Lipinski definition) is 1. The van der Waals surface area contributed by atoms with E-state index in [-0.39, 0.29) is 6.61 Å². The molecule has 1 N–H and O–H groups in total. The van der Waals surface area contributed by atoms with Crippen molar-refractivity contribution in [2.24, 2.45) is 0 Å². The number of rotatable bonds is 6. The second kappa shape index (κ2) is 8.17. The van der Waals surface area contributed by atoms with Crippen LogP contribution in [0.15, 0.2) is 0 Å². The molecule has 5 nitrogen and oxygen atoms in total. The van der Waals surface area contributed by atoms with Gasteiger partial charge in [0.15, 0.2) is 0 Å². The van der Waals surface area contributed by atoms with E-state index in [0.717, 1.165) is 58.7 Å². The van der Waals surface area contributed by atoms with Gasteiger partial charge in [-0.15, -0.1) is 0 Å². The van der Waals surface area contributed by atoms with Crippen LogP contribution in [0.5, 0.6) is 0 Å². The number of ether oxygens (including phenoxy) is 2. The Morgan fingerprint density at radius 1 is 1.21 bits per heavy atom. The fraction of sp³-hybridized carbons (Fsp3) is 1.00. The van der Waals surface area contributed by atoms with Gasteiger partial charge in [0.25, 0.3) is 0 Å². The lowest BCUT2D eigenvalue weighted by Gasteiger charge is -2.37. The molecule has 2 rings (SSSR count). The standard InChI is InChI=1S/C14H28N2O3/c1-2-15-7-9-18-14(11-15)12-16-5-3-13(4-6-16)19-10-8-17/h13-14,17H,2-12H2,1H3. The van der Waals surface area contributed by atoms with Crippen LogP contribution < -0.4 is 0 Å². The molecule has 1 atom stereocenters. The summed E-state index contributed by atoms with van der Waals surface area (Å²) in [4.78, 5) is 4.95. The van der Waals surface area contributed by atoms with Gasteiger partial charge < -0.3 is 19.5 Å². The molecule has 2 fully saturated rings. The minimum Gasteiger partial charge on any atom is -0.394 e. The lowest BCUT2D eigenvalue weighted by Crippen LogP contribution is -2.49. The molecule has 1 unspecified atom stereocenters. The minimum absolute atomic E-state index is 0.128. The van der Waals surface area contributed by atoms with Crippen molar-refractivity contribution in [2.45, 2.75) is 32.0 Å². The fourth-order valence-corrected chi connectivity index (χ4v) is 2.94. The van der Waals surface area contributed by atoms with E-state index in [2.05, 4.69) is 16.7 Å². The largest absolute Gasteiger partial charge is 0.394 e. The van der Waals surface area contributed by atoms with Gasteiger partial charge in [0.2, 0.25) is 0 Å². The van der Waals surface area contributed by atoms with Crippen molar-refractivity contribution in [1.82, 2.24) is 9.80 Å². The van der Waals surface area contributed by atoms with Crippen LogP contribution in [0.25, 0.3) is 0 Å². The molecule has 0 aromatic heterocycles. The van der Waals surface area contributed by atoms with Crippen LogP contribution in [0.3, 0.4) is 0 Å². The van der Waals surface area contributed by atoms with Crippen molar-refractivity contribution in [3.8, 4) is 0 Å². The predicted molar refractivity (Wildman–Crippen MR) is 74.4 cm³/mol. The Hall–Kier alpha value is -0.200. The fourth-order valence-electron chi connectivity index (χ4n) is 2.94. The number of nitrogens with zero attached hydrogens (tertiary/aromatic N) is 2. The van der Waals surface area contributed by atoms with Gasteiger partial charge in [0, 0.05) is 32.7 Å². The molecule has 112 valence electrons. The number of hydrogen-bond acceptors (Lipinski definition) is 5. The summed E-state index contributed by atoms with van der Waals surface area (Å²) in [6, 6.07) is 0. The predicted octanol–water partition coefficient (Wildman–Crippen LogP) is 0.180. The van der Waals surface area contributed by atoms with Gasteiger partial charge >= 0.3 is 0 Å². The maximum atomic E-state index is 8.76. The van der Waals surface area contributed by atoms with Crippen molar-refractivity contribution in [2.75, 3.05) is 59.1 Å². The van der Waals surface area contributed by atoms with Crippen LogP contribution in [0, 0.1) is 0 Å². The van der Waals surface area contributed by atoms with E-state index in [9.17, 15) is 0 Å². The highest BCUT2D eigenvalue weighted by Crippen LogP contribution is 2.15. The Labute approximate surface area is 116 Å². The Balaban J connectivity index is 1.64. The zero-order chi connectivity index (χ0) is 13.5. The molecule has 0 aromatic rings. The third-order valence-corrected chi connectivity index (χ3v) is 4.11. The van der Waals surface area contributed by atoms with E-state index >= 15 is 0 Å². The zero-order valence-corrected chi connectivity index (χ0v) is 12.1. The molecule has 19 heavy (non-hydrogen) atoms.